The predicted molar refractivity (Wildman–Crippen MR) is 95.0 cm³/mol. The average molecular weight is 378 g/mol. The van der Waals surface area contributed by atoms with Gasteiger partial charge in [0.1, 0.15) is 6.61 Å². The Labute approximate surface area is 153 Å². The zero-order valence-corrected chi connectivity index (χ0v) is 14.4. The van der Waals surface area contributed by atoms with Gasteiger partial charge in [0, 0.05) is 6.42 Å². The van der Waals surface area contributed by atoms with Crippen LogP contribution in [0.25, 0.3) is 5.70 Å². The van der Waals surface area contributed by atoms with Crippen LogP contribution in [0.5, 0.6) is 5.75 Å². The van der Waals surface area contributed by atoms with Crippen LogP contribution in [0.3, 0.4) is 0 Å². The summed E-state index contributed by atoms with van der Waals surface area (Å²) in [6, 6.07) is 11.7. The zero-order chi connectivity index (χ0) is 18.5. The molecule has 1 heterocycles. The summed E-state index contributed by atoms with van der Waals surface area (Å²) in [5.41, 5.74) is 4.98. The van der Waals surface area contributed by atoms with Crippen LogP contribution < -0.4 is 15.0 Å². The molecule has 1 aliphatic heterocycles. The van der Waals surface area contributed by atoms with E-state index < -0.39 is 23.4 Å². The highest BCUT2D eigenvalue weighted by atomic mass is 32.2. The summed E-state index contributed by atoms with van der Waals surface area (Å²) in [5, 5.41) is 8.66. The molecule has 1 aliphatic rings. The third kappa shape index (κ3) is 4.33. The van der Waals surface area contributed by atoms with E-state index in [-0.39, 0.29) is 25.0 Å². The van der Waals surface area contributed by atoms with Crippen molar-refractivity contribution >= 4 is 23.6 Å². The molecule has 3 N–H and O–H groups in total. The second-order valence-corrected chi connectivity index (χ2v) is 6.47. The number of carboxylic acids is 1. The SMILES string of the molecule is O=C(O)CCc1cc(F)c(OCC2=C(c3ccccc3)NNS2)c(F)c1. The average Bonchev–Trinajstić information content (AvgIpc) is 3.08. The maximum absolute atomic E-state index is 14.2. The Morgan fingerprint density at radius 1 is 1.15 bits per heavy atom. The lowest BCUT2D eigenvalue weighted by atomic mass is 10.1. The molecule has 136 valence electrons. The van der Waals surface area contributed by atoms with Crippen LogP contribution in [-0.4, -0.2) is 17.7 Å². The summed E-state index contributed by atoms with van der Waals surface area (Å²) < 4.78 is 33.7. The Balaban J connectivity index is 1.74. The van der Waals surface area contributed by atoms with Gasteiger partial charge in [0.2, 0.25) is 0 Å². The van der Waals surface area contributed by atoms with E-state index in [0.29, 0.717) is 0 Å². The van der Waals surface area contributed by atoms with Gasteiger partial charge in [-0.25, -0.2) is 8.78 Å². The first-order valence-electron chi connectivity index (χ1n) is 7.83. The monoisotopic (exact) mass is 378 g/mol. The van der Waals surface area contributed by atoms with E-state index in [4.69, 9.17) is 9.84 Å². The van der Waals surface area contributed by atoms with Gasteiger partial charge in [-0.05, 0) is 41.6 Å². The highest BCUT2D eigenvalue weighted by Gasteiger charge is 2.19. The summed E-state index contributed by atoms with van der Waals surface area (Å²) in [6.45, 7) is -0.0167. The minimum Gasteiger partial charge on any atom is -0.482 e. The molecule has 3 rings (SSSR count). The second kappa shape index (κ2) is 8.20. The van der Waals surface area contributed by atoms with Gasteiger partial charge in [0.05, 0.1) is 10.6 Å². The predicted octanol–water partition coefficient (Wildman–Crippen LogP) is 3.49. The number of aliphatic carboxylic acids is 1. The van der Waals surface area contributed by atoms with E-state index in [0.717, 1.165) is 28.3 Å². The standard InChI is InChI=1S/C18H16F2N2O3S/c19-13-8-11(6-7-16(23)24)9-14(20)18(13)25-10-15-17(21-22-26-15)12-4-2-1-3-5-12/h1-5,8-9,21-22H,6-7,10H2,(H,23,24). The van der Waals surface area contributed by atoms with Gasteiger partial charge < -0.3 is 15.3 Å². The van der Waals surface area contributed by atoms with Crippen molar-refractivity contribution in [3.8, 4) is 5.75 Å². The number of hydrogen-bond acceptors (Lipinski definition) is 5. The number of aryl methyl sites for hydroxylation is 1. The first-order chi connectivity index (χ1) is 12.5. The molecule has 26 heavy (non-hydrogen) atoms. The van der Waals surface area contributed by atoms with Gasteiger partial charge in [-0.2, -0.15) is 4.83 Å². The van der Waals surface area contributed by atoms with Crippen molar-refractivity contribution in [1.82, 2.24) is 10.3 Å². The van der Waals surface area contributed by atoms with Crippen LogP contribution in [0.15, 0.2) is 47.4 Å². The normalized spacial score (nSPS) is 13.6. The largest absolute Gasteiger partial charge is 0.482 e. The Morgan fingerprint density at radius 2 is 1.85 bits per heavy atom. The molecule has 0 bridgehead atoms. The molecule has 0 aromatic heterocycles. The quantitative estimate of drug-likeness (QED) is 0.641. The molecule has 2 aromatic carbocycles. The van der Waals surface area contributed by atoms with Crippen molar-refractivity contribution in [3.63, 3.8) is 0 Å². The molecule has 2 aromatic rings. The van der Waals surface area contributed by atoms with Crippen molar-refractivity contribution in [2.24, 2.45) is 0 Å². The summed E-state index contributed by atoms with van der Waals surface area (Å²) in [5.74, 6) is -3.20. The smallest absolute Gasteiger partial charge is 0.303 e. The maximum Gasteiger partial charge on any atom is 0.303 e. The number of carbonyl (C=O) groups is 1. The molecule has 0 amide bonds. The number of hydrogen-bond donors (Lipinski definition) is 3. The number of hydrazine groups is 1. The van der Waals surface area contributed by atoms with Crippen LogP contribution in [0, 0.1) is 11.6 Å². The van der Waals surface area contributed by atoms with Gasteiger partial charge in [-0.3, -0.25) is 4.79 Å². The Bertz CT molecular complexity index is 821. The van der Waals surface area contributed by atoms with Crippen molar-refractivity contribution < 1.29 is 23.4 Å². The lowest BCUT2D eigenvalue weighted by Gasteiger charge is -2.11. The number of carboxylic acid groups (broad SMARTS) is 1. The summed E-state index contributed by atoms with van der Waals surface area (Å²) in [4.78, 5) is 14.2. The van der Waals surface area contributed by atoms with E-state index in [1.807, 2.05) is 30.3 Å². The highest BCUT2D eigenvalue weighted by molar-refractivity contribution is 8.01. The van der Waals surface area contributed by atoms with Crippen molar-refractivity contribution in [2.45, 2.75) is 12.8 Å². The number of halogens is 2. The fourth-order valence-electron chi connectivity index (χ4n) is 2.48. The van der Waals surface area contributed by atoms with Gasteiger partial charge in [-0.15, -0.1) is 0 Å². The maximum atomic E-state index is 14.2. The molecule has 0 aliphatic carbocycles. The Morgan fingerprint density at radius 3 is 2.50 bits per heavy atom. The third-order valence-electron chi connectivity index (χ3n) is 3.72. The topological polar surface area (TPSA) is 70.6 Å². The fourth-order valence-corrected chi connectivity index (χ4v) is 3.15. The molecule has 0 radical (unpaired) electrons. The van der Waals surface area contributed by atoms with Crippen LogP contribution in [-0.2, 0) is 11.2 Å². The van der Waals surface area contributed by atoms with E-state index >= 15 is 0 Å². The van der Waals surface area contributed by atoms with E-state index in [2.05, 4.69) is 10.3 Å². The van der Waals surface area contributed by atoms with Crippen molar-refractivity contribution in [1.29, 1.82) is 0 Å². The molecular weight excluding hydrogens is 362 g/mol. The molecule has 0 saturated carbocycles. The molecular formula is C18H16F2N2O3S. The van der Waals surface area contributed by atoms with Gasteiger partial charge in [0.25, 0.3) is 0 Å². The Kier molecular flexibility index (Phi) is 5.75. The molecule has 5 nitrogen and oxygen atoms in total. The van der Waals surface area contributed by atoms with Gasteiger partial charge in [-0.1, -0.05) is 30.3 Å². The third-order valence-corrected chi connectivity index (χ3v) is 4.50. The van der Waals surface area contributed by atoms with E-state index in [9.17, 15) is 13.6 Å². The summed E-state index contributed by atoms with van der Waals surface area (Å²) >= 11 is 1.27. The van der Waals surface area contributed by atoms with E-state index in [1.165, 1.54) is 11.9 Å². The van der Waals surface area contributed by atoms with Gasteiger partial charge >= 0.3 is 5.97 Å². The first-order valence-corrected chi connectivity index (χ1v) is 8.65. The van der Waals surface area contributed by atoms with Crippen LogP contribution in [0.1, 0.15) is 17.5 Å². The van der Waals surface area contributed by atoms with Crippen LogP contribution >= 0.6 is 11.9 Å². The van der Waals surface area contributed by atoms with E-state index in [1.54, 1.807) is 0 Å². The second-order valence-electron chi connectivity index (χ2n) is 5.56. The van der Waals surface area contributed by atoms with Gasteiger partial charge in [0.15, 0.2) is 17.4 Å². The van der Waals surface area contributed by atoms with Crippen LogP contribution in [0.4, 0.5) is 8.78 Å². The lowest BCUT2D eigenvalue weighted by Crippen LogP contribution is -2.17. The molecule has 0 atom stereocenters. The molecule has 0 unspecified atom stereocenters. The molecule has 0 spiro atoms. The zero-order valence-electron chi connectivity index (χ0n) is 13.6. The minimum atomic E-state index is -1.02. The summed E-state index contributed by atoms with van der Waals surface area (Å²) in [7, 11) is 0. The number of ether oxygens (including phenoxy) is 1. The van der Waals surface area contributed by atoms with Crippen molar-refractivity contribution in [3.05, 3.63) is 70.1 Å². The molecule has 0 saturated heterocycles. The summed E-state index contributed by atoms with van der Waals surface area (Å²) in [6.07, 6.45) is -0.142. The number of benzene rings is 2. The minimum absolute atomic E-state index is 0.0167. The first kappa shape index (κ1) is 18.2. The number of rotatable bonds is 7. The van der Waals surface area contributed by atoms with Crippen molar-refractivity contribution in [2.75, 3.05) is 6.61 Å². The molecule has 0 fully saturated rings. The Hall–Kier alpha value is -2.58. The lowest BCUT2D eigenvalue weighted by molar-refractivity contribution is -0.136. The molecule has 8 heteroatoms. The number of nitrogens with one attached hydrogen (secondary N) is 2. The van der Waals surface area contributed by atoms with Crippen LogP contribution in [0.2, 0.25) is 0 Å². The fraction of sp³-hybridized carbons (Fsp3) is 0.167. The highest BCUT2D eigenvalue weighted by Crippen LogP contribution is 2.30.